The lowest BCUT2D eigenvalue weighted by atomic mass is 10.1. The van der Waals surface area contributed by atoms with Gasteiger partial charge in [-0.2, -0.15) is 0 Å². The van der Waals surface area contributed by atoms with Crippen molar-refractivity contribution in [1.82, 2.24) is 14.4 Å². The van der Waals surface area contributed by atoms with Gasteiger partial charge in [-0.1, -0.05) is 60.7 Å². The summed E-state index contributed by atoms with van der Waals surface area (Å²) in [6.07, 6.45) is 6.38. The zero-order chi connectivity index (χ0) is 19.3. The minimum Gasteiger partial charge on any atom is -0.350 e. The van der Waals surface area contributed by atoms with Gasteiger partial charge in [0.25, 0.3) is 0 Å². The summed E-state index contributed by atoms with van der Waals surface area (Å²) in [7, 11) is 2.00. The largest absolute Gasteiger partial charge is 0.350 e. The van der Waals surface area contributed by atoms with Crippen LogP contribution in [0.3, 0.4) is 0 Å². The average Bonchev–Trinajstić information content (AvgIpc) is 3.07. The van der Waals surface area contributed by atoms with E-state index in [1.165, 1.54) is 5.56 Å². The van der Waals surface area contributed by atoms with E-state index in [-0.39, 0.29) is 5.78 Å². The predicted octanol–water partition coefficient (Wildman–Crippen LogP) is 3.69. The molecule has 28 heavy (non-hydrogen) atoms. The van der Waals surface area contributed by atoms with Crippen LogP contribution in [0.5, 0.6) is 0 Å². The molecule has 0 aliphatic carbocycles. The Kier molecular flexibility index (Phi) is 5.70. The van der Waals surface area contributed by atoms with E-state index in [1.54, 1.807) is 0 Å². The van der Waals surface area contributed by atoms with Crippen LogP contribution in [0.4, 0.5) is 0 Å². The van der Waals surface area contributed by atoms with Crippen molar-refractivity contribution in [2.75, 3.05) is 39.3 Å². The maximum absolute atomic E-state index is 12.9. The third kappa shape index (κ3) is 4.24. The van der Waals surface area contributed by atoms with E-state index in [0.29, 0.717) is 6.54 Å². The summed E-state index contributed by atoms with van der Waals surface area (Å²) in [5.41, 5.74) is 3.19. The first kappa shape index (κ1) is 18.7. The van der Waals surface area contributed by atoms with Gasteiger partial charge in [0.2, 0.25) is 0 Å². The van der Waals surface area contributed by atoms with Gasteiger partial charge in [-0.15, -0.1) is 0 Å². The minimum atomic E-state index is 0.217. The van der Waals surface area contributed by atoms with Gasteiger partial charge in [-0.25, -0.2) is 0 Å². The van der Waals surface area contributed by atoms with E-state index in [0.717, 1.165) is 49.2 Å². The number of piperazine rings is 1. The van der Waals surface area contributed by atoms with Crippen molar-refractivity contribution < 1.29 is 4.79 Å². The second kappa shape index (κ2) is 8.55. The molecule has 0 atom stereocenters. The number of nitrogens with zero attached hydrogens (tertiary/aromatic N) is 3. The molecule has 2 aromatic carbocycles. The summed E-state index contributed by atoms with van der Waals surface area (Å²) < 4.78 is 2.04. The molecule has 1 fully saturated rings. The highest BCUT2D eigenvalue weighted by Crippen LogP contribution is 2.21. The van der Waals surface area contributed by atoms with Crippen molar-refractivity contribution in [3.8, 4) is 0 Å². The normalized spacial score (nSPS) is 16.2. The van der Waals surface area contributed by atoms with Crippen LogP contribution < -0.4 is 0 Å². The Morgan fingerprint density at radius 2 is 1.61 bits per heavy atom. The van der Waals surface area contributed by atoms with Gasteiger partial charge in [-0.05, 0) is 11.6 Å². The highest BCUT2D eigenvalue weighted by Gasteiger charge is 2.20. The first-order chi connectivity index (χ1) is 13.7. The molecular formula is C24H27N3O. The van der Waals surface area contributed by atoms with Crippen LogP contribution in [0.2, 0.25) is 0 Å². The summed E-state index contributed by atoms with van der Waals surface area (Å²) in [6, 6.07) is 18.5. The predicted molar refractivity (Wildman–Crippen MR) is 116 cm³/mol. The fourth-order valence-electron chi connectivity index (χ4n) is 3.88. The molecule has 1 aromatic heterocycles. The van der Waals surface area contributed by atoms with Crippen LogP contribution in [0.1, 0.15) is 15.9 Å². The number of carbonyl (C=O) groups excluding carboxylic acids is 1. The van der Waals surface area contributed by atoms with Crippen molar-refractivity contribution in [2.24, 2.45) is 7.05 Å². The molecule has 0 spiro atoms. The lowest BCUT2D eigenvalue weighted by Gasteiger charge is -2.33. The zero-order valence-electron chi connectivity index (χ0n) is 16.4. The number of fused-ring (bicyclic) bond motifs is 1. The topological polar surface area (TPSA) is 28.5 Å². The average molecular weight is 374 g/mol. The maximum Gasteiger partial charge on any atom is 0.178 e. The number of ketones is 1. The van der Waals surface area contributed by atoms with Crippen LogP contribution >= 0.6 is 0 Å². The van der Waals surface area contributed by atoms with E-state index < -0.39 is 0 Å². The molecule has 0 radical (unpaired) electrons. The molecule has 4 rings (SSSR count). The van der Waals surface area contributed by atoms with E-state index in [9.17, 15) is 4.79 Å². The molecule has 2 heterocycles. The van der Waals surface area contributed by atoms with Gasteiger partial charge in [0, 0.05) is 62.4 Å². The number of hydrogen-bond acceptors (Lipinski definition) is 3. The quantitative estimate of drug-likeness (QED) is 0.617. The molecular weight excluding hydrogens is 346 g/mol. The number of aromatic nitrogens is 1. The second-order valence-electron chi connectivity index (χ2n) is 7.48. The minimum absolute atomic E-state index is 0.217. The molecule has 0 N–H and O–H groups in total. The van der Waals surface area contributed by atoms with Gasteiger partial charge in [-0.3, -0.25) is 14.6 Å². The Balaban J connectivity index is 1.29. The number of para-hydroxylation sites is 1. The van der Waals surface area contributed by atoms with Gasteiger partial charge in [0.05, 0.1) is 6.54 Å². The van der Waals surface area contributed by atoms with Crippen LogP contribution in [0, 0.1) is 0 Å². The Labute approximate surface area is 166 Å². The van der Waals surface area contributed by atoms with Gasteiger partial charge >= 0.3 is 0 Å². The van der Waals surface area contributed by atoms with Crippen LogP contribution in [-0.4, -0.2) is 59.4 Å². The van der Waals surface area contributed by atoms with E-state index in [4.69, 9.17) is 0 Å². The van der Waals surface area contributed by atoms with Crippen LogP contribution in [0.15, 0.2) is 66.9 Å². The summed E-state index contributed by atoms with van der Waals surface area (Å²) in [5, 5.41) is 1.06. The van der Waals surface area contributed by atoms with Crippen molar-refractivity contribution in [3.05, 3.63) is 78.0 Å². The third-order valence-electron chi connectivity index (χ3n) is 5.50. The first-order valence-electron chi connectivity index (χ1n) is 9.94. The molecule has 4 heteroatoms. The molecule has 4 nitrogen and oxygen atoms in total. The van der Waals surface area contributed by atoms with Gasteiger partial charge in [0.15, 0.2) is 5.78 Å². The molecule has 0 amide bonds. The summed E-state index contributed by atoms with van der Waals surface area (Å²) in [6.45, 7) is 5.34. The van der Waals surface area contributed by atoms with Gasteiger partial charge in [0.1, 0.15) is 0 Å². The van der Waals surface area contributed by atoms with Crippen molar-refractivity contribution >= 4 is 22.8 Å². The Morgan fingerprint density at radius 1 is 0.929 bits per heavy atom. The number of Topliss-reactive ketones (excluding diaryl/α,β-unsaturated/α-hetero) is 1. The lowest BCUT2D eigenvalue weighted by Crippen LogP contribution is -2.47. The Bertz CT molecular complexity index is 966. The van der Waals surface area contributed by atoms with Crippen LogP contribution in [0.25, 0.3) is 17.0 Å². The summed E-state index contributed by atoms with van der Waals surface area (Å²) in [5.74, 6) is 0.217. The number of rotatable bonds is 6. The van der Waals surface area contributed by atoms with E-state index in [1.807, 2.05) is 42.1 Å². The molecule has 0 bridgehead atoms. The van der Waals surface area contributed by atoms with Crippen molar-refractivity contribution in [3.63, 3.8) is 0 Å². The van der Waals surface area contributed by atoms with E-state index >= 15 is 0 Å². The fourth-order valence-corrected chi connectivity index (χ4v) is 3.88. The smallest absolute Gasteiger partial charge is 0.178 e. The molecule has 1 saturated heterocycles. The molecule has 0 saturated carbocycles. The summed E-state index contributed by atoms with van der Waals surface area (Å²) >= 11 is 0. The first-order valence-corrected chi connectivity index (χ1v) is 9.94. The molecule has 0 unspecified atom stereocenters. The molecule has 144 valence electrons. The number of hydrogen-bond donors (Lipinski definition) is 0. The zero-order valence-corrected chi connectivity index (χ0v) is 16.4. The third-order valence-corrected chi connectivity index (χ3v) is 5.50. The monoisotopic (exact) mass is 373 g/mol. The SMILES string of the molecule is Cn1cc(C(=O)CN2CCN(C/C=C/c3ccccc3)CC2)c2ccccc21. The molecule has 1 aliphatic rings. The lowest BCUT2D eigenvalue weighted by molar-refractivity contribution is 0.0866. The van der Waals surface area contributed by atoms with Gasteiger partial charge < -0.3 is 4.57 Å². The number of benzene rings is 2. The van der Waals surface area contributed by atoms with Crippen molar-refractivity contribution in [1.29, 1.82) is 0 Å². The number of carbonyl (C=O) groups is 1. The van der Waals surface area contributed by atoms with Crippen LogP contribution in [-0.2, 0) is 7.05 Å². The highest BCUT2D eigenvalue weighted by atomic mass is 16.1. The van der Waals surface area contributed by atoms with E-state index in [2.05, 4.69) is 52.3 Å². The Morgan fingerprint density at radius 3 is 2.39 bits per heavy atom. The highest BCUT2D eigenvalue weighted by molar-refractivity contribution is 6.09. The van der Waals surface area contributed by atoms with Crippen molar-refractivity contribution in [2.45, 2.75) is 0 Å². The second-order valence-corrected chi connectivity index (χ2v) is 7.48. The Hall–Kier alpha value is -2.69. The number of aryl methyl sites for hydroxylation is 1. The standard InChI is InChI=1S/C24H27N3O/c1-25-18-22(21-11-5-6-12-23(21)25)24(28)19-27-16-14-26(15-17-27)13-7-10-20-8-3-2-4-9-20/h2-12,18H,13-17,19H2,1H3/b10-7+. The molecule has 1 aliphatic heterocycles. The summed E-state index contributed by atoms with van der Waals surface area (Å²) in [4.78, 5) is 17.6. The molecule has 3 aromatic rings. The maximum atomic E-state index is 12.9. The fraction of sp³-hybridized carbons (Fsp3) is 0.292.